The molecule has 110 valence electrons. The first kappa shape index (κ1) is 14.1. The highest BCUT2D eigenvalue weighted by Crippen LogP contribution is 2.31. The monoisotopic (exact) mass is 326 g/mol. The number of aromatic nitrogens is 1. The van der Waals surface area contributed by atoms with Gasteiger partial charge in [-0.05, 0) is 31.0 Å². The van der Waals surface area contributed by atoms with Gasteiger partial charge in [-0.15, -0.1) is 0 Å². The number of thiazole rings is 1. The van der Waals surface area contributed by atoms with Gasteiger partial charge >= 0.3 is 0 Å². The van der Waals surface area contributed by atoms with E-state index in [1.165, 1.54) is 12.1 Å². The number of carbonyl (C=O) groups excluding carboxylic acids is 1. The van der Waals surface area contributed by atoms with Crippen molar-refractivity contribution in [2.24, 2.45) is 0 Å². The Morgan fingerprint density at radius 1 is 1.48 bits per heavy atom. The van der Waals surface area contributed by atoms with Crippen LogP contribution < -0.4 is 16.4 Å². The summed E-state index contributed by atoms with van der Waals surface area (Å²) in [4.78, 5) is 16.5. The van der Waals surface area contributed by atoms with Gasteiger partial charge in [0.05, 0.1) is 5.69 Å². The minimum Gasteiger partial charge on any atom is -0.382 e. The largest absolute Gasteiger partial charge is 0.382 e. The van der Waals surface area contributed by atoms with Gasteiger partial charge in [0.25, 0.3) is 5.91 Å². The lowest BCUT2D eigenvalue weighted by Crippen LogP contribution is -2.13. The number of anilines is 3. The Kier molecular flexibility index (Phi) is 3.69. The fraction of sp³-hybridized carbons (Fsp3) is 0.231. The zero-order valence-corrected chi connectivity index (χ0v) is 12.4. The zero-order valence-electron chi connectivity index (χ0n) is 10.8. The molecule has 1 aliphatic carbocycles. The predicted molar refractivity (Wildman–Crippen MR) is 82.5 cm³/mol. The summed E-state index contributed by atoms with van der Waals surface area (Å²) in [6.07, 6.45) is 2.19. The van der Waals surface area contributed by atoms with Crippen molar-refractivity contribution in [1.29, 1.82) is 0 Å². The molecule has 1 heterocycles. The number of nitrogens with two attached hydrogens (primary N) is 1. The van der Waals surface area contributed by atoms with E-state index >= 15 is 0 Å². The Balaban J connectivity index is 1.76. The number of nitrogens with zero attached hydrogens (tertiary/aromatic N) is 1. The van der Waals surface area contributed by atoms with Gasteiger partial charge < -0.3 is 16.4 Å². The highest BCUT2D eigenvalue weighted by atomic mass is 35.5. The molecule has 2 aromatic rings. The molecule has 5 nitrogen and oxygen atoms in total. The first-order valence-electron chi connectivity index (χ1n) is 6.32. The number of amides is 1. The van der Waals surface area contributed by atoms with Crippen molar-refractivity contribution in [2.45, 2.75) is 18.9 Å². The summed E-state index contributed by atoms with van der Waals surface area (Å²) in [5.74, 6) is -0.958. The van der Waals surface area contributed by atoms with Crippen LogP contribution in [0.5, 0.6) is 0 Å². The van der Waals surface area contributed by atoms with Gasteiger partial charge in [-0.2, -0.15) is 0 Å². The van der Waals surface area contributed by atoms with E-state index in [1.54, 1.807) is 0 Å². The third kappa shape index (κ3) is 3.25. The molecule has 3 rings (SSSR count). The van der Waals surface area contributed by atoms with Gasteiger partial charge in [0.2, 0.25) is 0 Å². The van der Waals surface area contributed by atoms with Crippen LogP contribution in [0.1, 0.15) is 22.5 Å². The number of halogens is 2. The number of nitrogens with one attached hydrogen (secondary N) is 2. The average Bonchev–Trinajstić information content (AvgIpc) is 3.15. The molecule has 4 N–H and O–H groups in total. The van der Waals surface area contributed by atoms with Crippen LogP contribution in [-0.4, -0.2) is 16.9 Å². The molecule has 1 fully saturated rings. The van der Waals surface area contributed by atoms with E-state index in [4.69, 9.17) is 17.3 Å². The first-order valence-corrected chi connectivity index (χ1v) is 7.51. The van der Waals surface area contributed by atoms with Crippen molar-refractivity contribution in [3.8, 4) is 0 Å². The second kappa shape index (κ2) is 5.50. The standard InChI is InChI=1S/C13H12ClFN4OS/c14-6-1-4-9(8(15)5-6)18-12(20)10-11(16)19-13(21-10)17-7-2-3-7/h1,4-5,7H,2-3,16H2,(H,17,19)(H,18,20). The number of hydrogen-bond acceptors (Lipinski definition) is 5. The van der Waals surface area contributed by atoms with Crippen LogP contribution >= 0.6 is 22.9 Å². The summed E-state index contributed by atoms with van der Waals surface area (Å²) < 4.78 is 13.7. The molecular weight excluding hydrogens is 315 g/mol. The maximum Gasteiger partial charge on any atom is 0.269 e. The number of carbonyl (C=O) groups is 1. The number of hydrogen-bond donors (Lipinski definition) is 3. The molecule has 1 saturated carbocycles. The van der Waals surface area contributed by atoms with Crippen molar-refractivity contribution in [2.75, 3.05) is 16.4 Å². The molecule has 0 atom stereocenters. The zero-order chi connectivity index (χ0) is 15.0. The lowest BCUT2D eigenvalue weighted by Gasteiger charge is -2.05. The quantitative estimate of drug-likeness (QED) is 0.805. The lowest BCUT2D eigenvalue weighted by molar-refractivity contribution is 0.103. The predicted octanol–water partition coefficient (Wildman–Crippen LogP) is 3.34. The fourth-order valence-corrected chi connectivity index (χ4v) is 2.74. The van der Waals surface area contributed by atoms with Crippen molar-refractivity contribution in [3.63, 3.8) is 0 Å². The summed E-state index contributed by atoms with van der Waals surface area (Å²) in [6.45, 7) is 0. The Morgan fingerprint density at radius 3 is 2.90 bits per heavy atom. The second-order valence-electron chi connectivity index (χ2n) is 4.73. The molecule has 1 aromatic carbocycles. The summed E-state index contributed by atoms with van der Waals surface area (Å²) in [5.41, 5.74) is 5.79. The van der Waals surface area contributed by atoms with Gasteiger partial charge in [0.1, 0.15) is 16.5 Å². The SMILES string of the molecule is Nc1nc(NC2CC2)sc1C(=O)Nc1ccc(Cl)cc1F. The summed E-state index contributed by atoms with van der Waals surface area (Å²) in [5, 5.41) is 6.51. The normalized spacial score (nSPS) is 14.0. The minimum absolute atomic E-state index is 0.0499. The van der Waals surface area contributed by atoms with E-state index in [0.29, 0.717) is 11.2 Å². The number of benzene rings is 1. The molecule has 0 aliphatic heterocycles. The maximum atomic E-state index is 13.7. The van der Waals surface area contributed by atoms with Crippen LogP contribution in [0.25, 0.3) is 0 Å². The fourth-order valence-electron chi connectivity index (χ4n) is 1.73. The van der Waals surface area contributed by atoms with Crippen molar-refractivity contribution >= 4 is 45.5 Å². The average molecular weight is 327 g/mol. The van der Waals surface area contributed by atoms with E-state index in [2.05, 4.69) is 15.6 Å². The molecular formula is C13H12ClFN4OS. The van der Waals surface area contributed by atoms with Crippen LogP contribution in [0.3, 0.4) is 0 Å². The van der Waals surface area contributed by atoms with Crippen molar-refractivity contribution in [1.82, 2.24) is 4.98 Å². The van der Waals surface area contributed by atoms with Gasteiger partial charge in [0.15, 0.2) is 5.13 Å². The van der Waals surface area contributed by atoms with Crippen LogP contribution in [0.15, 0.2) is 18.2 Å². The summed E-state index contributed by atoms with van der Waals surface area (Å²) >= 11 is 6.82. The topological polar surface area (TPSA) is 80.0 Å². The molecule has 1 amide bonds. The Hall–Kier alpha value is -1.86. The molecule has 0 unspecified atom stereocenters. The van der Waals surface area contributed by atoms with Crippen LogP contribution in [0.4, 0.5) is 21.0 Å². The van der Waals surface area contributed by atoms with Crippen molar-refractivity contribution < 1.29 is 9.18 Å². The van der Waals surface area contributed by atoms with E-state index < -0.39 is 11.7 Å². The minimum atomic E-state index is -0.602. The molecule has 1 aliphatic rings. The van der Waals surface area contributed by atoms with E-state index in [-0.39, 0.29) is 21.4 Å². The maximum absolute atomic E-state index is 13.7. The first-order chi connectivity index (χ1) is 10.0. The van der Waals surface area contributed by atoms with Gasteiger partial charge in [-0.25, -0.2) is 9.37 Å². The molecule has 21 heavy (non-hydrogen) atoms. The Bertz CT molecular complexity index is 701. The van der Waals surface area contributed by atoms with E-state index in [9.17, 15) is 9.18 Å². The smallest absolute Gasteiger partial charge is 0.269 e. The van der Waals surface area contributed by atoms with Crippen LogP contribution in [-0.2, 0) is 0 Å². The second-order valence-corrected chi connectivity index (χ2v) is 6.17. The van der Waals surface area contributed by atoms with E-state index in [1.807, 2.05) is 0 Å². The van der Waals surface area contributed by atoms with Gasteiger partial charge in [-0.3, -0.25) is 4.79 Å². The van der Waals surface area contributed by atoms with Crippen LogP contribution in [0, 0.1) is 5.82 Å². The molecule has 1 aromatic heterocycles. The number of rotatable bonds is 4. The highest BCUT2D eigenvalue weighted by Gasteiger charge is 2.24. The highest BCUT2D eigenvalue weighted by molar-refractivity contribution is 7.18. The third-order valence-electron chi connectivity index (χ3n) is 2.94. The summed E-state index contributed by atoms with van der Waals surface area (Å²) in [7, 11) is 0. The van der Waals surface area contributed by atoms with Gasteiger partial charge in [-0.1, -0.05) is 22.9 Å². The lowest BCUT2D eigenvalue weighted by atomic mass is 10.3. The Labute approximate surface area is 129 Å². The van der Waals surface area contributed by atoms with E-state index in [0.717, 1.165) is 30.2 Å². The third-order valence-corrected chi connectivity index (χ3v) is 4.18. The molecule has 0 saturated heterocycles. The molecule has 0 spiro atoms. The molecule has 0 radical (unpaired) electrons. The van der Waals surface area contributed by atoms with Crippen molar-refractivity contribution in [3.05, 3.63) is 33.9 Å². The number of nitrogen functional groups attached to an aromatic ring is 1. The Morgan fingerprint density at radius 2 is 2.24 bits per heavy atom. The molecule has 0 bridgehead atoms. The molecule has 8 heteroatoms. The van der Waals surface area contributed by atoms with Gasteiger partial charge in [0, 0.05) is 11.1 Å². The summed E-state index contributed by atoms with van der Waals surface area (Å²) in [6, 6.07) is 4.44. The van der Waals surface area contributed by atoms with Crippen LogP contribution in [0.2, 0.25) is 5.02 Å².